The summed E-state index contributed by atoms with van der Waals surface area (Å²) in [6.07, 6.45) is 13.4. The molecule has 0 heterocycles. The predicted molar refractivity (Wildman–Crippen MR) is 44.9 cm³/mol. The van der Waals surface area contributed by atoms with Crippen molar-refractivity contribution in [3.8, 4) is 0 Å². The minimum Gasteiger partial charge on any atom is -0.0776 e. The molecule has 0 aromatic carbocycles. The summed E-state index contributed by atoms with van der Waals surface area (Å²) in [5, 5.41) is 0. The summed E-state index contributed by atoms with van der Waals surface area (Å²) < 4.78 is 0. The minimum atomic E-state index is 0.853. The first-order chi connectivity index (χ1) is 5.40. The molecule has 2 saturated carbocycles. The maximum Gasteiger partial charge on any atom is -0.0157 e. The van der Waals surface area contributed by atoms with E-state index in [4.69, 9.17) is 0 Å². The third kappa shape index (κ3) is 0.953. The van der Waals surface area contributed by atoms with Crippen molar-refractivity contribution in [2.24, 2.45) is 23.7 Å². The molecule has 4 aliphatic carbocycles. The van der Waals surface area contributed by atoms with Gasteiger partial charge in [0.05, 0.1) is 0 Å². The Kier molecular flexibility index (Phi) is 1.21. The zero-order chi connectivity index (χ0) is 7.26. The molecule has 0 nitrogen and oxygen atoms in total. The lowest BCUT2D eigenvalue weighted by molar-refractivity contribution is 0.141. The van der Waals surface area contributed by atoms with Gasteiger partial charge in [-0.2, -0.15) is 0 Å². The smallest absolute Gasteiger partial charge is 0.0157 e. The van der Waals surface area contributed by atoms with Crippen molar-refractivity contribution >= 4 is 0 Å². The highest BCUT2D eigenvalue weighted by molar-refractivity contribution is 5.01. The van der Waals surface area contributed by atoms with Crippen molar-refractivity contribution in [2.75, 3.05) is 0 Å². The molecule has 4 aliphatic rings. The minimum absolute atomic E-state index is 0.853. The maximum absolute atomic E-state index is 3.58. The second kappa shape index (κ2) is 2.12. The van der Waals surface area contributed by atoms with E-state index in [9.17, 15) is 0 Å². The van der Waals surface area contributed by atoms with Crippen LogP contribution in [0, 0.1) is 29.7 Å². The van der Waals surface area contributed by atoms with E-state index >= 15 is 0 Å². The fourth-order valence-corrected chi connectivity index (χ4v) is 3.45. The quantitative estimate of drug-likeness (QED) is 0.494. The second-order valence-electron chi connectivity index (χ2n) is 4.70. The van der Waals surface area contributed by atoms with Crippen LogP contribution in [-0.2, 0) is 0 Å². The molecule has 0 saturated heterocycles. The largest absolute Gasteiger partial charge is 0.0776 e. The molecule has 2 unspecified atom stereocenters. The lowest BCUT2D eigenvalue weighted by Crippen LogP contribution is -2.27. The Morgan fingerprint density at radius 3 is 2.36 bits per heavy atom. The number of hydrogen-bond donors (Lipinski definition) is 0. The van der Waals surface area contributed by atoms with Crippen molar-refractivity contribution in [2.45, 2.75) is 32.1 Å². The van der Waals surface area contributed by atoms with Crippen LogP contribution >= 0.6 is 0 Å². The fraction of sp³-hybridized carbons (Fsp3) is 0.818. The van der Waals surface area contributed by atoms with Crippen LogP contribution in [0.5, 0.6) is 0 Å². The predicted octanol–water partition coefficient (Wildman–Crippen LogP) is 2.80. The Hall–Kier alpha value is -0.260. The van der Waals surface area contributed by atoms with Crippen LogP contribution in [0.3, 0.4) is 0 Å². The normalized spacial score (nSPS) is 53.1. The topological polar surface area (TPSA) is 0 Å². The summed E-state index contributed by atoms with van der Waals surface area (Å²) in [6.45, 7) is 0. The van der Waals surface area contributed by atoms with Gasteiger partial charge in [-0.25, -0.2) is 0 Å². The van der Waals surface area contributed by atoms with Gasteiger partial charge < -0.3 is 0 Å². The van der Waals surface area contributed by atoms with E-state index in [0.717, 1.165) is 23.7 Å². The number of rotatable bonds is 0. The average Bonchev–Trinajstić information content (AvgIpc) is 2.18. The van der Waals surface area contributed by atoms with E-state index in [1.165, 1.54) is 25.7 Å². The summed E-state index contributed by atoms with van der Waals surface area (Å²) in [4.78, 5) is 0. The first kappa shape index (κ1) is 6.28. The number of allylic oxidation sites excluding steroid dienone is 2. The van der Waals surface area contributed by atoms with Crippen LogP contribution in [-0.4, -0.2) is 0 Å². The zero-order valence-electron chi connectivity index (χ0n) is 6.92. The molecule has 0 amide bonds. The van der Waals surface area contributed by atoms with E-state index < -0.39 is 0 Å². The van der Waals surface area contributed by atoms with Gasteiger partial charge >= 0.3 is 0 Å². The summed E-state index contributed by atoms with van der Waals surface area (Å²) in [5.74, 6) is 3.92. The summed E-state index contributed by atoms with van der Waals surface area (Å²) in [5.41, 5.74) is 0. The van der Waals surface area contributed by atoms with Crippen molar-refractivity contribution in [1.82, 2.24) is 0 Å². The molecule has 4 bridgehead atoms. The van der Waals surface area contributed by atoms with E-state index in [0.29, 0.717) is 0 Å². The van der Waals surface area contributed by atoms with Crippen LogP contribution in [0.2, 0.25) is 0 Å². The van der Waals surface area contributed by atoms with Crippen molar-refractivity contribution in [1.29, 1.82) is 0 Å². The molecule has 0 aromatic heterocycles. The van der Waals surface area contributed by atoms with Crippen LogP contribution in [0.1, 0.15) is 32.1 Å². The van der Waals surface area contributed by atoms with Crippen LogP contribution in [0.4, 0.5) is 0 Å². The Labute approximate surface area is 68.7 Å². The van der Waals surface area contributed by atoms with E-state index in [1.54, 1.807) is 6.42 Å². The molecular formula is C11H15. The molecule has 0 heteroatoms. The highest BCUT2D eigenvalue weighted by Crippen LogP contribution is 2.47. The summed E-state index contributed by atoms with van der Waals surface area (Å²) in [6, 6.07) is 0. The molecule has 0 aromatic rings. The molecular weight excluding hydrogens is 132 g/mol. The van der Waals surface area contributed by atoms with Gasteiger partial charge in [-0.15, -0.1) is 0 Å². The van der Waals surface area contributed by atoms with Crippen LogP contribution < -0.4 is 0 Å². The Bertz CT molecular complexity index is 160. The van der Waals surface area contributed by atoms with Crippen molar-refractivity contribution in [3.63, 3.8) is 0 Å². The molecule has 11 heavy (non-hydrogen) atoms. The lowest BCUT2D eigenvalue weighted by Gasteiger charge is -2.38. The van der Waals surface area contributed by atoms with Gasteiger partial charge in [0.25, 0.3) is 0 Å². The van der Waals surface area contributed by atoms with Gasteiger partial charge in [0.1, 0.15) is 0 Å². The molecule has 2 atom stereocenters. The lowest BCUT2D eigenvalue weighted by atomic mass is 9.67. The third-order valence-corrected chi connectivity index (χ3v) is 3.74. The highest BCUT2D eigenvalue weighted by Gasteiger charge is 2.36. The van der Waals surface area contributed by atoms with Gasteiger partial charge in [0.2, 0.25) is 0 Å². The maximum atomic E-state index is 3.58. The van der Waals surface area contributed by atoms with Crippen molar-refractivity contribution in [3.05, 3.63) is 12.2 Å². The van der Waals surface area contributed by atoms with Gasteiger partial charge in [-0.1, -0.05) is 6.08 Å². The first-order valence-electron chi connectivity index (χ1n) is 4.99. The van der Waals surface area contributed by atoms with E-state index in [1.807, 2.05) is 0 Å². The van der Waals surface area contributed by atoms with Gasteiger partial charge in [0.15, 0.2) is 0 Å². The summed E-state index contributed by atoms with van der Waals surface area (Å²) in [7, 11) is 0. The van der Waals surface area contributed by atoms with E-state index in [-0.39, 0.29) is 0 Å². The molecule has 4 rings (SSSR count). The fourth-order valence-electron chi connectivity index (χ4n) is 3.45. The highest BCUT2D eigenvalue weighted by atomic mass is 14.4. The first-order valence-corrected chi connectivity index (χ1v) is 4.99. The third-order valence-electron chi connectivity index (χ3n) is 3.74. The molecule has 1 radical (unpaired) electrons. The Balaban J connectivity index is 1.96. The van der Waals surface area contributed by atoms with E-state index in [2.05, 4.69) is 12.2 Å². The Morgan fingerprint density at radius 2 is 1.64 bits per heavy atom. The van der Waals surface area contributed by atoms with Crippen LogP contribution in [0.15, 0.2) is 6.08 Å². The molecule has 59 valence electrons. The average molecular weight is 147 g/mol. The van der Waals surface area contributed by atoms with Gasteiger partial charge in [-0.3, -0.25) is 0 Å². The van der Waals surface area contributed by atoms with Crippen LogP contribution in [0.25, 0.3) is 0 Å². The SMILES string of the molecule is [C]1=CC2CC3CC1CC(C2)C3. The van der Waals surface area contributed by atoms with Gasteiger partial charge in [0, 0.05) is 0 Å². The zero-order valence-corrected chi connectivity index (χ0v) is 6.92. The monoisotopic (exact) mass is 147 g/mol. The molecule has 0 aliphatic heterocycles. The Morgan fingerprint density at radius 1 is 0.909 bits per heavy atom. The summed E-state index contributed by atoms with van der Waals surface area (Å²) >= 11 is 0. The van der Waals surface area contributed by atoms with Gasteiger partial charge in [-0.05, 0) is 61.9 Å². The standard InChI is InChI=1S/C11H15/c1-2-9-5-10-3-8(1)4-11(6-9)7-10/h1,8-11H,3-7H2. The molecule has 2 fully saturated rings. The second-order valence-corrected chi connectivity index (χ2v) is 4.70. The number of hydrogen-bond acceptors (Lipinski definition) is 0. The molecule has 0 N–H and O–H groups in total. The van der Waals surface area contributed by atoms with Crippen molar-refractivity contribution < 1.29 is 0 Å². The molecule has 0 spiro atoms.